The number of hydrogen-bond acceptors (Lipinski definition) is 4. The molecule has 4 nitrogen and oxygen atoms in total. The van der Waals surface area contributed by atoms with E-state index in [2.05, 4.69) is 5.32 Å². The topological polar surface area (TPSA) is 50.7 Å². The number of rotatable bonds is 3. The molecule has 0 radical (unpaired) electrons. The van der Waals surface area contributed by atoms with Crippen molar-refractivity contribution in [3.05, 3.63) is 47.0 Å². The van der Waals surface area contributed by atoms with Gasteiger partial charge < -0.3 is 19.9 Å². The summed E-state index contributed by atoms with van der Waals surface area (Å²) in [4.78, 5) is 0. The van der Waals surface area contributed by atoms with Crippen LogP contribution in [0, 0.1) is 0 Å². The number of phenolic OH excluding ortho intramolecular Hbond substituents is 1. The van der Waals surface area contributed by atoms with Crippen molar-refractivity contribution in [2.45, 2.75) is 6.54 Å². The molecule has 0 atom stereocenters. The van der Waals surface area contributed by atoms with Crippen molar-refractivity contribution in [3.8, 4) is 17.2 Å². The normalized spacial score (nSPS) is 12.5. The highest BCUT2D eigenvalue weighted by Crippen LogP contribution is 2.39. The summed E-state index contributed by atoms with van der Waals surface area (Å²) in [6.45, 7) is 0.840. The maximum atomic E-state index is 9.22. The summed E-state index contributed by atoms with van der Waals surface area (Å²) in [5.41, 5.74) is 1.84. The molecule has 0 bridgehead atoms. The lowest BCUT2D eigenvalue weighted by Crippen LogP contribution is -1.99. The Morgan fingerprint density at radius 1 is 1.11 bits per heavy atom. The zero-order valence-corrected chi connectivity index (χ0v) is 10.8. The Kier molecular flexibility index (Phi) is 3.09. The lowest BCUT2D eigenvalue weighted by atomic mass is 10.2. The van der Waals surface area contributed by atoms with Crippen molar-refractivity contribution in [3.63, 3.8) is 0 Å². The van der Waals surface area contributed by atoms with Gasteiger partial charge in [0.15, 0.2) is 11.5 Å². The van der Waals surface area contributed by atoms with Crippen LogP contribution in [0.4, 0.5) is 5.69 Å². The zero-order valence-electron chi connectivity index (χ0n) is 10.0. The molecule has 3 rings (SSSR count). The van der Waals surface area contributed by atoms with E-state index in [1.165, 1.54) is 0 Å². The van der Waals surface area contributed by atoms with Crippen LogP contribution in [0.2, 0.25) is 5.02 Å². The Hall–Kier alpha value is -2.07. The van der Waals surface area contributed by atoms with Crippen LogP contribution in [0.1, 0.15) is 5.56 Å². The number of anilines is 1. The number of aromatic hydroxyl groups is 1. The van der Waals surface area contributed by atoms with Gasteiger partial charge >= 0.3 is 0 Å². The Labute approximate surface area is 115 Å². The summed E-state index contributed by atoms with van der Waals surface area (Å²) in [5.74, 6) is 1.61. The third-order valence-corrected chi connectivity index (χ3v) is 3.19. The predicted molar refractivity (Wildman–Crippen MR) is 73.0 cm³/mol. The van der Waals surface area contributed by atoms with Gasteiger partial charge in [-0.3, -0.25) is 0 Å². The van der Waals surface area contributed by atoms with Gasteiger partial charge in [-0.25, -0.2) is 0 Å². The molecule has 0 saturated heterocycles. The van der Waals surface area contributed by atoms with E-state index in [0.29, 0.717) is 23.1 Å². The molecule has 0 fully saturated rings. The summed E-state index contributed by atoms with van der Waals surface area (Å²) >= 11 is 6.16. The molecule has 1 aliphatic rings. The van der Waals surface area contributed by atoms with Gasteiger partial charge in [0.05, 0.1) is 10.7 Å². The summed E-state index contributed by atoms with van der Waals surface area (Å²) in [6, 6.07) is 10.6. The van der Waals surface area contributed by atoms with Crippen molar-refractivity contribution in [1.82, 2.24) is 0 Å². The van der Waals surface area contributed by atoms with Crippen LogP contribution in [-0.2, 0) is 6.54 Å². The van der Waals surface area contributed by atoms with Crippen molar-refractivity contribution in [1.29, 1.82) is 0 Å². The average molecular weight is 278 g/mol. The summed E-state index contributed by atoms with van der Waals surface area (Å²) in [7, 11) is 0. The highest BCUT2D eigenvalue weighted by molar-refractivity contribution is 6.33. The Morgan fingerprint density at radius 2 is 1.79 bits per heavy atom. The third kappa shape index (κ3) is 2.53. The van der Waals surface area contributed by atoms with Crippen molar-refractivity contribution < 1.29 is 14.6 Å². The molecule has 19 heavy (non-hydrogen) atoms. The van der Waals surface area contributed by atoms with E-state index in [1.807, 2.05) is 18.2 Å². The van der Waals surface area contributed by atoms with Gasteiger partial charge in [-0.05, 0) is 17.7 Å². The zero-order chi connectivity index (χ0) is 13.2. The van der Waals surface area contributed by atoms with E-state index >= 15 is 0 Å². The molecule has 0 saturated carbocycles. The molecular weight excluding hydrogens is 266 g/mol. The maximum Gasteiger partial charge on any atom is 0.231 e. The van der Waals surface area contributed by atoms with E-state index in [4.69, 9.17) is 21.1 Å². The maximum absolute atomic E-state index is 9.22. The lowest BCUT2D eigenvalue weighted by molar-refractivity contribution is 0.174. The van der Waals surface area contributed by atoms with Crippen molar-refractivity contribution in [2.75, 3.05) is 12.1 Å². The van der Waals surface area contributed by atoms with E-state index in [-0.39, 0.29) is 12.5 Å². The molecule has 0 unspecified atom stereocenters. The first kappa shape index (κ1) is 12.0. The number of hydrogen-bond donors (Lipinski definition) is 2. The molecule has 0 aliphatic carbocycles. The number of fused-ring (bicyclic) bond motifs is 1. The first-order chi connectivity index (χ1) is 9.22. The van der Waals surface area contributed by atoms with E-state index in [0.717, 1.165) is 11.3 Å². The minimum Gasteiger partial charge on any atom is -0.508 e. The average Bonchev–Trinajstić information content (AvgIpc) is 2.85. The fraction of sp³-hybridized carbons (Fsp3) is 0.143. The second kappa shape index (κ2) is 4.90. The molecule has 2 N–H and O–H groups in total. The molecule has 5 heteroatoms. The summed E-state index contributed by atoms with van der Waals surface area (Å²) in [5, 5.41) is 13.0. The van der Waals surface area contributed by atoms with E-state index in [9.17, 15) is 5.11 Å². The molecule has 98 valence electrons. The quantitative estimate of drug-likeness (QED) is 0.903. The number of benzene rings is 2. The second-order valence-electron chi connectivity index (χ2n) is 4.21. The Bertz CT molecular complexity index is 598. The fourth-order valence-electron chi connectivity index (χ4n) is 1.86. The number of ether oxygens (including phenoxy) is 2. The van der Waals surface area contributed by atoms with Crippen molar-refractivity contribution >= 4 is 17.3 Å². The van der Waals surface area contributed by atoms with Crippen LogP contribution < -0.4 is 14.8 Å². The number of phenols is 1. The second-order valence-corrected chi connectivity index (χ2v) is 4.61. The van der Waals surface area contributed by atoms with Gasteiger partial charge in [-0.2, -0.15) is 0 Å². The lowest BCUT2D eigenvalue weighted by Gasteiger charge is -2.09. The minimum absolute atomic E-state index is 0.229. The highest BCUT2D eigenvalue weighted by Gasteiger charge is 2.16. The monoisotopic (exact) mass is 277 g/mol. The molecule has 1 heterocycles. The highest BCUT2D eigenvalue weighted by atomic mass is 35.5. The van der Waals surface area contributed by atoms with E-state index in [1.54, 1.807) is 18.2 Å². The molecule has 0 aromatic heterocycles. The van der Waals surface area contributed by atoms with Crippen LogP contribution in [0.3, 0.4) is 0 Å². The van der Waals surface area contributed by atoms with Gasteiger partial charge in [0, 0.05) is 18.7 Å². The Morgan fingerprint density at radius 3 is 2.53 bits per heavy atom. The molecule has 0 spiro atoms. The van der Waals surface area contributed by atoms with Crippen LogP contribution in [0.25, 0.3) is 0 Å². The molecule has 2 aromatic carbocycles. The van der Waals surface area contributed by atoms with Crippen molar-refractivity contribution in [2.24, 2.45) is 0 Å². The molecule has 0 amide bonds. The van der Waals surface area contributed by atoms with Gasteiger partial charge in [-0.1, -0.05) is 23.7 Å². The van der Waals surface area contributed by atoms with Gasteiger partial charge in [0.1, 0.15) is 5.75 Å². The predicted octanol–water partition coefficient (Wildman–Crippen LogP) is 3.39. The molecule has 2 aromatic rings. The van der Waals surface area contributed by atoms with Gasteiger partial charge in [0.2, 0.25) is 6.79 Å². The summed E-state index contributed by atoms with van der Waals surface area (Å²) in [6.07, 6.45) is 0. The van der Waals surface area contributed by atoms with Crippen LogP contribution >= 0.6 is 11.6 Å². The third-order valence-electron chi connectivity index (χ3n) is 2.88. The van der Waals surface area contributed by atoms with E-state index < -0.39 is 0 Å². The number of halogens is 1. The van der Waals surface area contributed by atoms with Crippen LogP contribution in [0.5, 0.6) is 17.2 Å². The fourth-order valence-corrected chi connectivity index (χ4v) is 2.08. The smallest absolute Gasteiger partial charge is 0.231 e. The standard InChI is InChI=1S/C14H12ClNO3/c15-11-5-13-14(19-8-18-13)6-12(11)16-7-9-1-3-10(17)4-2-9/h1-6,16-17H,7-8H2. The minimum atomic E-state index is 0.229. The van der Waals surface area contributed by atoms with Gasteiger partial charge in [0.25, 0.3) is 0 Å². The molecule has 1 aliphatic heterocycles. The van der Waals surface area contributed by atoms with Crippen LogP contribution in [0.15, 0.2) is 36.4 Å². The Balaban J connectivity index is 1.75. The van der Waals surface area contributed by atoms with Crippen LogP contribution in [-0.4, -0.2) is 11.9 Å². The first-order valence-electron chi connectivity index (χ1n) is 5.83. The number of nitrogens with one attached hydrogen (secondary N) is 1. The first-order valence-corrected chi connectivity index (χ1v) is 6.21. The SMILES string of the molecule is Oc1ccc(CNc2cc3c(cc2Cl)OCO3)cc1. The largest absolute Gasteiger partial charge is 0.508 e. The summed E-state index contributed by atoms with van der Waals surface area (Å²) < 4.78 is 10.6. The van der Waals surface area contributed by atoms with Gasteiger partial charge in [-0.15, -0.1) is 0 Å². The molecular formula is C14H12ClNO3.